The van der Waals surface area contributed by atoms with E-state index in [0.29, 0.717) is 22.3 Å². The summed E-state index contributed by atoms with van der Waals surface area (Å²) in [5.74, 6) is -0.872. The van der Waals surface area contributed by atoms with Crippen LogP contribution in [0, 0.1) is 12.7 Å². The first kappa shape index (κ1) is 16.5. The Morgan fingerprint density at radius 3 is 2.46 bits per heavy atom. The van der Waals surface area contributed by atoms with Gasteiger partial charge in [-0.05, 0) is 41.3 Å². The fourth-order valence-corrected chi connectivity index (χ4v) is 3.29. The van der Waals surface area contributed by atoms with Gasteiger partial charge in [-0.2, -0.15) is 0 Å². The maximum Gasteiger partial charge on any atom is 0.339 e. The van der Waals surface area contributed by atoms with Gasteiger partial charge in [0.05, 0.1) is 5.57 Å². The molecule has 1 atom stereocenters. The molecule has 124 valence electrons. The van der Waals surface area contributed by atoms with Gasteiger partial charge in [0, 0.05) is 11.3 Å². The van der Waals surface area contributed by atoms with E-state index in [2.05, 4.69) is 0 Å². The Balaban J connectivity index is 2.05. The minimum absolute atomic E-state index is 0.0502. The lowest BCUT2D eigenvalue weighted by Gasteiger charge is -2.11. The molecule has 0 saturated heterocycles. The van der Waals surface area contributed by atoms with Crippen LogP contribution in [0.25, 0.3) is 11.1 Å². The van der Waals surface area contributed by atoms with Crippen molar-refractivity contribution in [3.63, 3.8) is 0 Å². The van der Waals surface area contributed by atoms with Crippen LogP contribution in [0.5, 0.6) is 0 Å². The van der Waals surface area contributed by atoms with Gasteiger partial charge in [0.25, 0.3) is 0 Å². The zero-order chi connectivity index (χ0) is 17.3. The van der Waals surface area contributed by atoms with Crippen molar-refractivity contribution < 1.29 is 22.7 Å². The van der Waals surface area contributed by atoms with Crippen molar-refractivity contribution in [2.24, 2.45) is 0 Å². The van der Waals surface area contributed by atoms with Gasteiger partial charge in [0.15, 0.2) is 0 Å². The third-order valence-electron chi connectivity index (χ3n) is 3.95. The van der Waals surface area contributed by atoms with Gasteiger partial charge < -0.3 is 9.29 Å². The summed E-state index contributed by atoms with van der Waals surface area (Å²) >= 11 is -2.16. The van der Waals surface area contributed by atoms with Gasteiger partial charge in [-0.1, -0.05) is 41.4 Å². The summed E-state index contributed by atoms with van der Waals surface area (Å²) < 4.78 is 40.0. The molecule has 1 unspecified atom stereocenters. The fraction of sp³-hybridized carbons (Fsp3) is 0.167. The van der Waals surface area contributed by atoms with Gasteiger partial charge >= 0.3 is 5.97 Å². The largest absolute Gasteiger partial charge is 0.772 e. The molecule has 0 saturated carbocycles. The lowest BCUT2D eigenvalue weighted by Crippen LogP contribution is -1.99. The van der Waals surface area contributed by atoms with Gasteiger partial charge in [-0.15, -0.1) is 0 Å². The molecule has 2 aromatic rings. The first-order chi connectivity index (χ1) is 11.5. The summed E-state index contributed by atoms with van der Waals surface area (Å²) in [5, 5.41) is 0. The van der Waals surface area contributed by atoms with E-state index in [4.69, 9.17) is 4.74 Å². The lowest BCUT2D eigenvalue weighted by atomic mass is 9.94. The highest BCUT2D eigenvalue weighted by molar-refractivity contribution is 7.78. The topological polar surface area (TPSA) is 66.4 Å². The van der Waals surface area contributed by atoms with Crippen LogP contribution in [0.1, 0.15) is 22.3 Å². The molecule has 0 aromatic heterocycles. The van der Waals surface area contributed by atoms with E-state index in [0.717, 1.165) is 11.1 Å². The van der Waals surface area contributed by atoms with Crippen LogP contribution in [0.15, 0.2) is 42.5 Å². The second-order valence-electron chi connectivity index (χ2n) is 5.53. The van der Waals surface area contributed by atoms with E-state index in [1.54, 1.807) is 24.3 Å². The minimum Gasteiger partial charge on any atom is -0.772 e. The highest BCUT2D eigenvalue weighted by Crippen LogP contribution is 2.33. The maximum atomic E-state index is 13.1. The molecule has 0 aliphatic carbocycles. The number of rotatable bonds is 4. The normalized spacial score (nSPS) is 15.5. The molecule has 2 aromatic carbocycles. The van der Waals surface area contributed by atoms with Crippen molar-refractivity contribution in [2.45, 2.75) is 12.7 Å². The van der Waals surface area contributed by atoms with Crippen molar-refractivity contribution in [1.82, 2.24) is 0 Å². The molecule has 0 fully saturated rings. The van der Waals surface area contributed by atoms with E-state index < -0.39 is 17.0 Å². The van der Waals surface area contributed by atoms with E-state index in [-0.39, 0.29) is 18.2 Å². The van der Waals surface area contributed by atoms with Crippen LogP contribution in [-0.4, -0.2) is 21.3 Å². The molecule has 0 bridgehead atoms. The molecule has 4 nitrogen and oxygen atoms in total. The number of halogens is 1. The standard InChI is InChI=1S/C18H15FO4S/c1-11-8-13(2-3-14(11)10-24(21)22)16-9-23-18(20)17(16)12-4-6-15(19)7-5-12/h2-8H,9-10H2,1H3,(H,21,22)/p-1. The van der Waals surface area contributed by atoms with Crippen molar-refractivity contribution in [3.05, 3.63) is 70.5 Å². The Morgan fingerprint density at radius 2 is 1.83 bits per heavy atom. The number of aryl methyl sites for hydroxylation is 1. The number of ether oxygens (including phenoxy) is 1. The van der Waals surface area contributed by atoms with E-state index in [1.165, 1.54) is 12.1 Å². The molecule has 0 radical (unpaired) electrons. The number of carbonyl (C=O) groups is 1. The average molecular weight is 345 g/mol. The van der Waals surface area contributed by atoms with Gasteiger partial charge in [0.1, 0.15) is 12.4 Å². The van der Waals surface area contributed by atoms with Gasteiger partial charge in [-0.25, -0.2) is 9.18 Å². The maximum absolute atomic E-state index is 13.1. The number of cyclic esters (lactones) is 1. The highest BCUT2D eigenvalue weighted by atomic mass is 32.2. The van der Waals surface area contributed by atoms with E-state index >= 15 is 0 Å². The average Bonchev–Trinajstić information content (AvgIpc) is 2.91. The van der Waals surface area contributed by atoms with E-state index in [1.807, 2.05) is 13.0 Å². The zero-order valence-corrected chi connectivity index (χ0v) is 13.7. The predicted octanol–water partition coefficient (Wildman–Crippen LogP) is 2.98. The summed E-state index contributed by atoms with van der Waals surface area (Å²) in [6, 6.07) is 11.0. The van der Waals surface area contributed by atoms with Crippen molar-refractivity contribution >= 4 is 28.2 Å². The molecule has 6 heteroatoms. The minimum atomic E-state index is -2.16. The van der Waals surface area contributed by atoms with Crippen LogP contribution >= 0.6 is 0 Å². The van der Waals surface area contributed by atoms with Crippen LogP contribution < -0.4 is 0 Å². The number of esters is 1. The number of benzene rings is 2. The Kier molecular flexibility index (Phi) is 4.59. The van der Waals surface area contributed by atoms with Crippen molar-refractivity contribution in [3.8, 4) is 0 Å². The molecular weight excluding hydrogens is 331 g/mol. The summed E-state index contributed by atoms with van der Waals surface area (Å²) in [6.45, 7) is 1.96. The monoisotopic (exact) mass is 345 g/mol. The molecule has 1 aliphatic heterocycles. The molecule has 0 N–H and O–H groups in total. The smallest absolute Gasteiger partial charge is 0.339 e. The van der Waals surface area contributed by atoms with Crippen LogP contribution in [0.2, 0.25) is 0 Å². The van der Waals surface area contributed by atoms with Crippen LogP contribution in [0.4, 0.5) is 4.39 Å². The van der Waals surface area contributed by atoms with Crippen LogP contribution in [-0.2, 0) is 26.4 Å². The molecule has 3 rings (SSSR count). The number of hydrogen-bond acceptors (Lipinski definition) is 4. The summed E-state index contributed by atoms with van der Waals surface area (Å²) in [6.07, 6.45) is 0. The summed E-state index contributed by atoms with van der Waals surface area (Å²) in [7, 11) is 0. The molecule has 1 aliphatic rings. The Hall–Kier alpha value is -2.31. The predicted molar refractivity (Wildman–Crippen MR) is 88.0 cm³/mol. The zero-order valence-electron chi connectivity index (χ0n) is 12.9. The van der Waals surface area contributed by atoms with Gasteiger partial charge in [0.2, 0.25) is 0 Å². The molecule has 1 heterocycles. The third-order valence-corrected chi connectivity index (χ3v) is 4.50. The van der Waals surface area contributed by atoms with Crippen molar-refractivity contribution in [2.75, 3.05) is 6.61 Å². The highest BCUT2D eigenvalue weighted by Gasteiger charge is 2.27. The number of hydrogen-bond donors (Lipinski definition) is 0. The lowest BCUT2D eigenvalue weighted by molar-refractivity contribution is -0.133. The Bertz CT molecular complexity index is 856. The first-order valence-electron chi connectivity index (χ1n) is 7.27. The summed E-state index contributed by atoms with van der Waals surface area (Å²) in [5.41, 5.74) is 4.04. The Morgan fingerprint density at radius 1 is 1.17 bits per heavy atom. The number of carbonyl (C=O) groups excluding carboxylic acids is 1. The molecule has 0 amide bonds. The quantitative estimate of drug-likeness (QED) is 0.631. The van der Waals surface area contributed by atoms with E-state index in [9.17, 15) is 17.9 Å². The van der Waals surface area contributed by atoms with Crippen LogP contribution in [0.3, 0.4) is 0 Å². The fourth-order valence-electron chi connectivity index (χ4n) is 2.71. The second-order valence-corrected chi connectivity index (χ2v) is 6.42. The molecular formula is C18H14FO4S-. The molecule has 0 spiro atoms. The first-order valence-corrected chi connectivity index (χ1v) is 8.52. The SMILES string of the molecule is Cc1cc(C2=C(c3ccc(F)cc3)C(=O)OC2)ccc1CS(=O)[O-]. The van der Waals surface area contributed by atoms with Crippen molar-refractivity contribution in [1.29, 1.82) is 0 Å². The third kappa shape index (κ3) is 3.29. The van der Waals surface area contributed by atoms with Gasteiger partial charge in [-0.3, -0.25) is 4.21 Å². The molecule has 24 heavy (non-hydrogen) atoms. The Labute approximate surface area is 141 Å². The second kappa shape index (κ2) is 6.67. The summed E-state index contributed by atoms with van der Waals surface area (Å²) in [4.78, 5) is 12.1.